The number of benzene rings is 2. The van der Waals surface area contributed by atoms with Crippen molar-refractivity contribution in [2.45, 2.75) is 31.2 Å². The summed E-state index contributed by atoms with van der Waals surface area (Å²) in [6, 6.07) is 15.8. The molecule has 31 heavy (non-hydrogen) atoms. The molecule has 3 amide bonds. The van der Waals surface area contributed by atoms with E-state index in [0.717, 1.165) is 11.1 Å². The zero-order valence-electron chi connectivity index (χ0n) is 17.4. The third-order valence-corrected chi connectivity index (χ3v) is 4.84. The molecule has 0 bridgehead atoms. The van der Waals surface area contributed by atoms with Crippen molar-refractivity contribution in [1.82, 2.24) is 10.2 Å². The van der Waals surface area contributed by atoms with Gasteiger partial charge < -0.3 is 26.0 Å². The first-order valence-corrected chi connectivity index (χ1v) is 9.70. The van der Waals surface area contributed by atoms with E-state index in [9.17, 15) is 14.4 Å². The molecule has 4 N–H and O–H groups in total. The molecular weight excluding hydrogens is 420 g/mol. The van der Waals surface area contributed by atoms with Crippen molar-refractivity contribution in [2.75, 3.05) is 19.4 Å². The number of halogens is 1. The molecule has 0 radical (unpaired) electrons. The van der Waals surface area contributed by atoms with Crippen LogP contribution < -0.4 is 16.4 Å². The highest BCUT2D eigenvalue weighted by atomic mass is 35.5. The van der Waals surface area contributed by atoms with E-state index in [1.807, 2.05) is 42.5 Å². The van der Waals surface area contributed by atoms with Crippen LogP contribution >= 0.6 is 12.4 Å². The van der Waals surface area contributed by atoms with Gasteiger partial charge >= 0.3 is 0 Å². The summed E-state index contributed by atoms with van der Waals surface area (Å²) in [6.07, 6.45) is -1.48. The largest absolute Gasteiger partial charge is 0.349 e. The Labute approximate surface area is 187 Å². The van der Waals surface area contributed by atoms with Gasteiger partial charge in [0.25, 0.3) is 11.8 Å². The van der Waals surface area contributed by atoms with Crippen LogP contribution in [0.25, 0.3) is 0 Å². The van der Waals surface area contributed by atoms with Crippen molar-refractivity contribution in [1.29, 1.82) is 0 Å². The van der Waals surface area contributed by atoms with Crippen LogP contribution in [0.3, 0.4) is 0 Å². The van der Waals surface area contributed by atoms with Crippen molar-refractivity contribution >= 4 is 35.8 Å². The Bertz CT molecular complexity index is 923. The lowest BCUT2D eigenvalue weighted by molar-refractivity contribution is -0.134. The number of para-hydroxylation sites is 1. The molecule has 2 aromatic rings. The fourth-order valence-corrected chi connectivity index (χ4v) is 3.15. The van der Waals surface area contributed by atoms with Gasteiger partial charge in [-0.3, -0.25) is 14.4 Å². The fraction of sp³-hybridized carbons (Fsp3) is 0.318. The number of amides is 3. The number of carbonyl (C=O) groups is 3. The first-order chi connectivity index (χ1) is 14.4. The number of anilines is 1. The molecule has 1 heterocycles. The lowest BCUT2D eigenvalue weighted by Crippen LogP contribution is -2.49. The van der Waals surface area contributed by atoms with Crippen LogP contribution in [0.1, 0.15) is 11.1 Å². The van der Waals surface area contributed by atoms with E-state index in [-0.39, 0.29) is 24.9 Å². The van der Waals surface area contributed by atoms with Crippen LogP contribution in [-0.2, 0) is 32.1 Å². The van der Waals surface area contributed by atoms with Gasteiger partial charge in [-0.05, 0) is 17.2 Å². The maximum atomic E-state index is 12.6. The van der Waals surface area contributed by atoms with E-state index >= 15 is 0 Å². The van der Waals surface area contributed by atoms with Crippen LogP contribution in [0, 0.1) is 0 Å². The first-order valence-electron chi connectivity index (χ1n) is 9.70. The van der Waals surface area contributed by atoms with E-state index in [1.54, 1.807) is 26.2 Å². The van der Waals surface area contributed by atoms with Crippen molar-refractivity contribution in [3.8, 4) is 0 Å². The second-order valence-corrected chi connectivity index (χ2v) is 7.31. The fourth-order valence-electron chi connectivity index (χ4n) is 3.15. The van der Waals surface area contributed by atoms with Crippen LogP contribution in [0.2, 0.25) is 0 Å². The molecule has 9 heteroatoms. The zero-order chi connectivity index (χ0) is 21.7. The normalized spacial score (nSPS) is 17.6. The molecule has 1 aliphatic rings. The Kier molecular flexibility index (Phi) is 8.56. The van der Waals surface area contributed by atoms with Gasteiger partial charge in [-0.25, -0.2) is 0 Å². The minimum Gasteiger partial charge on any atom is -0.349 e. The molecule has 1 saturated heterocycles. The van der Waals surface area contributed by atoms with Gasteiger partial charge in [0.2, 0.25) is 5.91 Å². The van der Waals surface area contributed by atoms with Gasteiger partial charge in [0, 0.05) is 32.7 Å². The van der Waals surface area contributed by atoms with E-state index in [2.05, 4.69) is 10.6 Å². The number of epoxide rings is 1. The van der Waals surface area contributed by atoms with Gasteiger partial charge in [0.1, 0.15) is 6.04 Å². The topological polar surface area (TPSA) is 117 Å². The number of nitrogens with one attached hydrogen (secondary N) is 2. The van der Waals surface area contributed by atoms with Gasteiger partial charge in [0.15, 0.2) is 12.2 Å². The molecule has 2 unspecified atom stereocenters. The minimum atomic E-state index is -0.928. The molecule has 0 aliphatic carbocycles. The lowest BCUT2D eigenvalue weighted by atomic mass is 10.0. The predicted molar refractivity (Wildman–Crippen MR) is 120 cm³/mol. The van der Waals surface area contributed by atoms with E-state index < -0.39 is 30.1 Å². The Morgan fingerprint density at radius 1 is 1.00 bits per heavy atom. The number of carbonyl (C=O) groups excluding carboxylic acids is 3. The number of nitrogens with zero attached hydrogens (tertiary/aromatic N) is 1. The van der Waals surface area contributed by atoms with Gasteiger partial charge in [-0.15, -0.1) is 12.4 Å². The summed E-state index contributed by atoms with van der Waals surface area (Å²) in [7, 11) is 3.26. The Hall–Kier alpha value is -2.94. The number of hydrogen-bond donors (Lipinski definition) is 3. The summed E-state index contributed by atoms with van der Waals surface area (Å²) in [4.78, 5) is 39.0. The molecule has 0 aromatic heterocycles. The third kappa shape index (κ3) is 6.27. The summed E-state index contributed by atoms with van der Waals surface area (Å²) in [5.74, 6) is -1.14. The van der Waals surface area contributed by atoms with Gasteiger partial charge in [-0.1, -0.05) is 48.5 Å². The third-order valence-electron chi connectivity index (χ3n) is 4.84. The highest BCUT2D eigenvalue weighted by molar-refractivity contribution is 6.02. The maximum Gasteiger partial charge on any atom is 0.256 e. The van der Waals surface area contributed by atoms with Crippen LogP contribution in [0.5, 0.6) is 0 Å². The number of ether oxygens (including phenoxy) is 1. The molecule has 1 fully saturated rings. The number of nitrogens with two attached hydrogens (primary N) is 1. The molecule has 3 rings (SSSR count). The summed E-state index contributed by atoms with van der Waals surface area (Å²) < 4.78 is 5.30. The standard InChI is InChI=1S/C22H26N4O4.ClH/c1-26(2)22(29)17(12-14-8-4-3-5-9-14)25-21(28)19-18(30-19)20(27)24-16-11-7-6-10-15(16)13-23;/h3-11,17-19H,12-13,23H2,1-2H3,(H,24,27)(H,25,28);1H/t17-,18?,19?;/m0./s1. The Morgan fingerprint density at radius 3 is 2.26 bits per heavy atom. The molecule has 3 atom stereocenters. The quantitative estimate of drug-likeness (QED) is 0.525. The molecule has 0 spiro atoms. The van der Waals surface area contributed by atoms with Crippen molar-refractivity contribution in [2.24, 2.45) is 5.73 Å². The molecule has 2 aromatic carbocycles. The number of rotatable bonds is 8. The lowest BCUT2D eigenvalue weighted by Gasteiger charge is -2.21. The predicted octanol–water partition coefficient (Wildman–Crippen LogP) is 1.09. The van der Waals surface area contributed by atoms with Crippen LogP contribution in [0.15, 0.2) is 54.6 Å². The highest BCUT2D eigenvalue weighted by Gasteiger charge is 2.51. The van der Waals surface area contributed by atoms with Gasteiger partial charge in [-0.2, -0.15) is 0 Å². The zero-order valence-corrected chi connectivity index (χ0v) is 18.2. The van der Waals surface area contributed by atoms with E-state index in [0.29, 0.717) is 12.1 Å². The second kappa shape index (κ2) is 10.9. The Balaban J connectivity index is 0.00000341. The summed E-state index contributed by atoms with van der Waals surface area (Å²) in [5, 5.41) is 5.47. The number of likely N-dealkylation sites (N-methyl/N-ethyl adjacent to an activating group) is 1. The summed E-state index contributed by atoms with van der Waals surface area (Å²) >= 11 is 0. The smallest absolute Gasteiger partial charge is 0.256 e. The average Bonchev–Trinajstić information content (AvgIpc) is 3.55. The second-order valence-electron chi connectivity index (χ2n) is 7.31. The monoisotopic (exact) mass is 446 g/mol. The van der Waals surface area contributed by atoms with Crippen molar-refractivity contribution in [3.05, 3.63) is 65.7 Å². The SMILES string of the molecule is CN(C)C(=O)[C@H](Cc1ccccc1)NC(=O)C1OC1C(=O)Nc1ccccc1CN.Cl. The summed E-state index contributed by atoms with van der Waals surface area (Å²) in [6.45, 7) is 0.277. The van der Waals surface area contributed by atoms with E-state index in [1.165, 1.54) is 4.90 Å². The van der Waals surface area contributed by atoms with Crippen LogP contribution in [0.4, 0.5) is 5.69 Å². The average molecular weight is 447 g/mol. The van der Waals surface area contributed by atoms with Crippen LogP contribution in [-0.4, -0.2) is 55.0 Å². The Morgan fingerprint density at radius 2 is 1.61 bits per heavy atom. The molecule has 166 valence electrons. The molecule has 0 saturated carbocycles. The first kappa shape index (κ1) is 24.3. The molecular formula is C22H27ClN4O4. The highest BCUT2D eigenvalue weighted by Crippen LogP contribution is 2.25. The minimum absolute atomic E-state index is 0. The van der Waals surface area contributed by atoms with E-state index in [4.69, 9.17) is 10.5 Å². The maximum absolute atomic E-state index is 12.6. The molecule has 8 nitrogen and oxygen atoms in total. The van der Waals surface area contributed by atoms with Gasteiger partial charge in [0.05, 0.1) is 0 Å². The van der Waals surface area contributed by atoms with Crippen molar-refractivity contribution in [3.63, 3.8) is 0 Å². The van der Waals surface area contributed by atoms with Crippen molar-refractivity contribution < 1.29 is 19.1 Å². The summed E-state index contributed by atoms with van der Waals surface area (Å²) in [5.41, 5.74) is 7.97. The molecule has 1 aliphatic heterocycles. The number of hydrogen-bond acceptors (Lipinski definition) is 5.